The standard InChI is InChI=1S/C9H5ClF2/c10-7-1-5-3-8(11)9(12)4-6(5)2-7/h1,3-4H,2H2. The molecule has 1 aromatic rings. The van der Waals surface area contributed by atoms with Crippen LogP contribution in [0.3, 0.4) is 0 Å². The second-order valence-corrected chi connectivity index (χ2v) is 3.22. The van der Waals surface area contributed by atoms with Crippen LogP contribution in [0.5, 0.6) is 0 Å². The Hall–Kier alpha value is -0.890. The van der Waals surface area contributed by atoms with E-state index in [9.17, 15) is 8.78 Å². The zero-order valence-corrected chi connectivity index (χ0v) is 6.83. The predicted octanol–water partition coefficient (Wildman–Crippen LogP) is 3.10. The Morgan fingerprint density at radius 3 is 2.58 bits per heavy atom. The molecule has 12 heavy (non-hydrogen) atoms. The smallest absolute Gasteiger partial charge is 0.159 e. The number of benzene rings is 1. The van der Waals surface area contributed by atoms with Gasteiger partial charge in [0.15, 0.2) is 11.6 Å². The highest BCUT2D eigenvalue weighted by molar-refractivity contribution is 6.32. The van der Waals surface area contributed by atoms with E-state index in [1.807, 2.05) is 0 Å². The molecule has 2 rings (SSSR count). The molecule has 0 aromatic heterocycles. The topological polar surface area (TPSA) is 0 Å². The minimum Gasteiger partial charge on any atom is -0.204 e. The van der Waals surface area contributed by atoms with Crippen molar-refractivity contribution in [1.82, 2.24) is 0 Å². The van der Waals surface area contributed by atoms with Crippen LogP contribution in [-0.4, -0.2) is 0 Å². The van der Waals surface area contributed by atoms with Crippen LogP contribution in [0.25, 0.3) is 6.08 Å². The van der Waals surface area contributed by atoms with E-state index >= 15 is 0 Å². The highest BCUT2D eigenvalue weighted by atomic mass is 35.5. The first-order chi connectivity index (χ1) is 5.66. The average Bonchev–Trinajstić information content (AvgIpc) is 2.30. The Bertz CT molecular complexity index is 369. The van der Waals surface area contributed by atoms with E-state index in [0.29, 0.717) is 17.0 Å². The second-order valence-electron chi connectivity index (χ2n) is 2.73. The molecule has 0 spiro atoms. The lowest BCUT2D eigenvalue weighted by molar-refractivity contribution is 0.507. The maximum atomic E-state index is 12.7. The molecule has 0 unspecified atom stereocenters. The average molecular weight is 187 g/mol. The van der Waals surface area contributed by atoms with E-state index < -0.39 is 11.6 Å². The van der Waals surface area contributed by atoms with E-state index in [1.165, 1.54) is 12.1 Å². The van der Waals surface area contributed by atoms with Crippen molar-refractivity contribution in [3.63, 3.8) is 0 Å². The lowest BCUT2D eigenvalue weighted by Crippen LogP contribution is -1.89. The van der Waals surface area contributed by atoms with Crippen molar-refractivity contribution in [1.29, 1.82) is 0 Å². The SMILES string of the molecule is Fc1cc2c(cc1F)CC(Cl)=C2. The number of allylic oxidation sites excluding steroid dienone is 1. The van der Waals surface area contributed by atoms with Crippen LogP contribution < -0.4 is 0 Å². The number of fused-ring (bicyclic) bond motifs is 1. The third-order valence-corrected chi connectivity index (χ3v) is 2.10. The molecule has 0 saturated carbocycles. The van der Waals surface area contributed by atoms with Gasteiger partial charge in [-0.25, -0.2) is 8.78 Å². The summed E-state index contributed by atoms with van der Waals surface area (Å²) in [4.78, 5) is 0. The minimum atomic E-state index is -0.823. The molecule has 1 aliphatic carbocycles. The Morgan fingerprint density at radius 1 is 1.17 bits per heavy atom. The molecule has 0 radical (unpaired) electrons. The molecular weight excluding hydrogens is 182 g/mol. The Labute approximate surface area is 73.5 Å². The summed E-state index contributed by atoms with van der Waals surface area (Å²) in [5.41, 5.74) is 1.43. The third kappa shape index (κ3) is 1.12. The first kappa shape index (κ1) is 7.74. The highest BCUT2D eigenvalue weighted by Crippen LogP contribution is 2.28. The molecule has 1 aliphatic rings. The van der Waals surface area contributed by atoms with E-state index in [-0.39, 0.29) is 0 Å². The van der Waals surface area contributed by atoms with Gasteiger partial charge >= 0.3 is 0 Å². The maximum Gasteiger partial charge on any atom is 0.159 e. The molecule has 3 heteroatoms. The fourth-order valence-corrected chi connectivity index (χ4v) is 1.55. The molecule has 0 N–H and O–H groups in total. The molecule has 0 atom stereocenters. The van der Waals surface area contributed by atoms with Gasteiger partial charge in [0, 0.05) is 11.5 Å². The monoisotopic (exact) mass is 186 g/mol. The summed E-state index contributed by atoms with van der Waals surface area (Å²) in [5.74, 6) is -1.63. The van der Waals surface area contributed by atoms with Gasteiger partial charge in [0.25, 0.3) is 0 Å². The minimum absolute atomic E-state index is 0.508. The summed E-state index contributed by atoms with van der Waals surface area (Å²) in [6, 6.07) is 2.36. The summed E-state index contributed by atoms with van der Waals surface area (Å²) in [6.07, 6.45) is 2.16. The molecule has 0 nitrogen and oxygen atoms in total. The maximum absolute atomic E-state index is 12.7. The highest BCUT2D eigenvalue weighted by Gasteiger charge is 2.14. The van der Waals surface area contributed by atoms with Crippen molar-refractivity contribution in [2.24, 2.45) is 0 Å². The summed E-state index contributed by atoms with van der Waals surface area (Å²) >= 11 is 5.70. The van der Waals surface area contributed by atoms with Gasteiger partial charge in [-0.05, 0) is 29.3 Å². The van der Waals surface area contributed by atoms with Crippen molar-refractivity contribution in [3.8, 4) is 0 Å². The molecule has 0 heterocycles. The zero-order valence-electron chi connectivity index (χ0n) is 6.07. The van der Waals surface area contributed by atoms with Crippen LogP contribution in [0.2, 0.25) is 0 Å². The van der Waals surface area contributed by atoms with Crippen LogP contribution in [0.15, 0.2) is 17.2 Å². The van der Waals surface area contributed by atoms with Crippen LogP contribution in [0.1, 0.15) is 11.1 Å². The third-order valence-electron chi connectivity index (χ3n) is 1.85. The van der Waals surface area contributed by atoms with E-state index in [0.717, 1.165) is 5.56 Å². The van der Waals surface area contributed by atoms with Gasteiger partial charge in [-0.2, -0.15) is 0 Å². The van der Waals surface area contributed by atoms with Crippen LogP contribution in [0.4, 0.5) is 8.78 Å². The zero-order chi connectivity index (χ0) is 8.72. The van der Waals surface area contributed by atoms with Crippen molar-refractivity contribution >= 4 is 17.7 Å². The van der Waals surface area contributed by atoms with Gasteiger partial charge in [0.1, 0.15) is 0 Å². The lowest BCUT2D eigenvalue weighted by atomic mass is 10.1. The van der Waals surface area contributed by atoms with Gasteiger partial charge in [0.05, 0.1) is 0 Å². The quantitative estimate of drug-likeness (QED) is 0.584. The molecule has 0 amide bonds. The molecule has 0 aliphatic heterocycles. The number of hydrogen-bond acceptors (Lipinski definition) is 0. The van der Waals surface area contributed by atoms with Gasteiger partial charge in [0.2, 0.25) is 0 Å². The first-order valence-electron chi connectivity index (χ1n) is 3.51. The summed E-state index contributed by atoms with van der Waals surface area (Å²) in [5, 5.41) is 0.620. The van der Waals surface area contributed by atoms with E-state index in [1.54, 1.807) is 6.08 Å². The Morgan fingerprint density at radius 2 is 1.83 bits per heavy atom. The normalized spacial score (nSPS) is 14.4. The van der Waals surface area contributed by atoms with Crippen molar-refractivity contribution in [3.05, 3.63) is 39.9 Å². The molecule has 62 valence electrons. The van der Waals surface area contributed by atoms with Crippen molar-refractivity contribution in [2.45, 2.75) is 6.42 Å². The number of rotatable bonds is 0. The summed E-state index contributed by atoms with van der Waals surface area (Å²) in [7, 11) is 0. The fraction of sp³-hybridized carbons (Fsp3) is 0.111. The second kappa shape index (κ2) is 2.56. The molecule has 1 aromatic carbocycles. The Balaban J connectivity index is 2.57. The van der Waals surface area contributed by atoms with E-state index in [2.05, 4.69) is 0 Å². The Kier molecular flexibility index (Phi) is 1.65. The largest absolute Gasteiger partial charge is 0.204 e. The molecule has 0 fully saturated rings. The van der Waals surface area contributed by atoms with Crippen molar-refractivity contribution in [2.75, 3.05) is 0 Å². The van der Waals surface area contributed by atoms with Gasteiger partial charge in [-0.3, -0.25) is 0 Å². The fourth-order valence-electron chi connectivity index (χ4n) is 1.29. The van der Waals surface area contributed by atoms with Gasteiger partial charge < -0.3 is 0 Å². The van der Waals surface area contributed by atoms with Crippen LogP contribution in [0, 0.1) is 11.6 Å². The van der Waals surface area contributed by atoms with Gasteiger partial charge in [-0.15, -0.1) is 0 Å². The molecule has 0 saturated heterocycles. The van der Waals surface area contributed by atoms with Crippen LogP contribution >= 0.6 is 11.6 Å². The first-order valence-corrected chi connectivity index (χ1v) is 3.88. The summed E-state index contributed by atoms with van der Waals surface area (Å²) in [6.45, 7) is 0. The lowest BCUT2D eigenvalue weighted by Gasteiger charge is -1.98. The van der Waals surface area contributed by atoms with Crippen molar-refractivity contribution < 1.29 is 8.78 Å². The molecule has 0 bridgehead atoms. The van der Waals surface area contributed by atoms with Gasteiger partial charge in [-0.1, -0.05) is 11.6 Å². The number of halogens is 3. The van der Waals surface area contributed by atoms with E-state index in [4.69, 9.17) is 11.6 Å². The number of hydrogen-bond donors (Lipinski definition) is 0. The summed E-state index contributed by atoms with van der Waals surface area (Å²) < 4.78 is 25.3. The predicted molar refractivity (Wildman–Crippen MR) is 43.9 cm³/mol. The van der Waals surface area contributed by atoms with Crippen LogP contribution in [-0.2, 0) is 6.42 Å². The molecular formula is C9H5ClF2.